The van der Waals surface area contributed by atoms with E-state index in [2.05, 4.69) is 4.90 Å². The summed E-state index contributed by atoms with van der Waals surface area (Å²) in [7, 11) is -2.77. The average Bonchev–Trinajstić information content (AvgIpc) is 2.18. The Labute approximate surface area is 90.6 Å². The van der Waals surface area contributed by atoms with E-state index in [9.17, 15) is 13.2 Å². The molecular weight excluding hydrogens is 214 g/mol. The second kappa shape index (κ2) is 4.22. The lowest BCUT2D eigenvalue weighted by molar-refractivity contribution is -0.129. The highest BCUT2D eigenvalue weighted by Crippen LogP contribution is 2.25. The summed E-state index contributed by atoms with van der Waals surface area (Å²) in [6.07, 6.45) is 2.70. The number of nitrogens with zero attached hydrogens (tertiary/aromatic N) is 1. The normalized spacial score (nSPS) is 31.2. The van der Waals surface area contributed by atoms with Gasteiger partial charge >= 0.3 is 0 Å². The molecule has 1 atom stereocenters. The van der Waals surface area contributed by atoms with E-state index in [-0.39, 0.29) is 17.4 Å². The van der Waals surface area contributed by atoms with Gasteiger partial charge in [0.2, 0.25) is 0 Å². The molecule has 2 rings (SSSR count). The molecule has 0 spiro atoms. The van der Waals surface area contributed by atoms with Gasteiger partial charge < -0.3 is 4.90 Å². The van der Waals surface area contributed by atoms with Crippen molar-refractivity contribution in [1.82, 2.24) is 4.90 Å². The Balaban J connectivity index is 1.71. The van der Waals surface area contributed by atoms with Crippen molar-refractivity contribution in [2.45, 2.75) is 19.3 Å². The Kier molecular flexibility index (Phi) is 3.11. The van der Waals surface area contributed by atoms with Crippen LogP contribution in [0.15, 0.2) is 0 Å². The van der Waals surface area contributed by atoms with Crippen LogP contribution in [-0.2, 0) is 14.6 Å². The van der Waals surface area contributed by atoms with Gasteiger partial charge in [-0.25, -0.2) is 8.42 Å². The number of sulfone groups is 1. The first-order valence-electron chi connectivity index (χ1n) is 5.52. The fourth-order valence-electron chi connectivity index (χ4n) is 2.08. The molecule has 15 heavy (non-hydrogen) atoms. The predicted octanol–water partition coefficient (Wildman–Crippen LogP) is 0.0860. The molecular formula is C10H17NO3S. The number of Topliss-reactive ketones (excluding diaryl/α,β-unsaturated/α-hetero) is 1. The summed E-state index contributed by atoms with van der Waals surface area (Å²) in [6, 6.07) is 0. The van der Waals surface area contributed by atoms with E-state index in [0.717, 1.165) is 25.8 Å². The van der Waals surface area contributed by atoms with Crippen molar-refractivity contribution in [1.29, 1.82) is 0 Å². The minimum atomic E-state index is -2.77. The van der Waals surface area contributed by atoms with Gasteiger partial charge in [0.1, 0.15) is 5.78 Å². The molecule has 1 aliphatic carbocycles. The Morgan fingerprint density at radius 3 is 2.40 bits per heavy atom. The van der Waals surface area contributed by atoms with E-state index < -0.39 is 9.84 Å². The van der Waals surface area contributed by atoms with Gasteiger partial charge in [-0.15, -0.1) is 0 Å². The third-order valence-electron chi connectivity index (χ3n) is 3.43. The molecule has 2 aliphatic rings. The maximum atomic E-state index is 11.2. The smallest absolute Gasteiger partial charge is 0.152 e. The molecule has 4 nitrogen and oxygen atoms in total. The van der Waals surface area contributed by atoms with Gasteiger partial charge in [-0.1, -0.05) is 0 Å². The highest BCUT2D eigenvalue weighted by molar-refractivity contribution is 7.91. The van der Waals surface area contributed by atoms with E-state index in [1.807, 2.05) is 0 Å². The second-order valence-electron chi connectivity index (χ2n) is 4.48. The van der Waals surface area contributed by atoms with Crippen LogP contribution in [0.3, 0.4) is 0 Å². The molecule has 1 heterocycles. The van der Waals surface area contributed by atoms with E-state index >= 15 is 0 Å². The van der Waals surface area contributed by atoms with Gasteiger partial charge in [0.25, 0.3) is 0 Å². The first kappa shape index (κ1) is 11.1. The molecule has 0 bridgehead atoms. The SMILES string of the molecule is O=C1CCC1CCN1CCS(=O)(=O)CC1. The highest BCUT2D eigenvalue weighted by atomic mass is 32.2. The fraction of sp³-hybridized carbons (Fsp3) is 0.900. The molecule has 0 N–H and O–H groups in total. The van der Waals surface area contributed by atoms with Crippen molar-refractivity contribution in [3.05, 3.63) is 0 Å². The minimum absolute atomic E-state index is 0.267. The molecule has 5 heteroatoms. The van der Waals surface area contributed by atoms with Crippen LogP contribution in [0.25, 0.3) is 0 Å². The second-order valence-corrected chi connectivity index (χ2v) is 6.79. The predicted molar refractivity (Wildman–Crippen MR) is 57.4 cm³/mol. The van der Waals surface area contributed by atoms with Crippen molar-refractivity contribution >= 4 is 15.6 Å². The van der Waals surface area contributed by atoms with Crippen LogP contribution in [0.1, 0.15) is 19.3 Å². The number of carbonyl (C=O) groups is 1. The number of rotatable bonds is 3. The summed E-state index contributed by atoms with van der Waals surface area (Å²) in [5, 5.41) is 0. The molecule has 1 aliphatic heterocycles. The van der Waals surface area contributed by atoms with Gasteiger partial charge in [-0.2, -0.15) is 0 Å². The van der Waals surface area contributed by atoms with E-state index in [1.54, 1.807) is 0 Å². The molecule has 2 fully saturated rings. The van der Waals surface area contributed by atoms with E-state index in [0.29, 0.717) is 18.9 Å². The van der Waals surface area contributed by atoms with Crippen LogP contribution in [0, 0.1) is 5.92 Å². The number of hydrogen-bond donors (Lipinski definition) is 0. The van der Waals surface area contributed by atoms with Crippen molar-refractivity contribution in [2.75, 3.05) is 31.1 Å². The zero-order valence-corrected chi connectivity index (χ0v) is 9.63. The first-order chi connectivity index (χ1) is 7.07. The zero-order chi connectivity index (χ0) is 10.9. The Morgan fingerprint density at radius 1 is 1.27 bits per heavy atom. The maximum Gasteiger partial charge on any atom is 0.152 e. The Morgan fingerprint density at radius 2 is 1.93 bits per heavy atom. The number of ketones is 1. The lowest BCUT2D eigenvalue weighted by Gasteiger charge is -2.30. The van der Waals surface area contributed by atoms with Crippen LogP contribution >= 0.6 is 0 Å². The first-order valence-corrected chi connectivity index (χ1v) is 7.34. The van der Waals surface area contributed by atoms with Crippen LogP contribution in [0.5, 0.6) is 0 Å². The maximum absolute atomic E-state index is 11.2. The lowest BCUT2D eigenvalue weighted by atomic mass is 9.81. The summed E-state index contributed by atoms with van der Waals surface area (Å²) >= 11 is 0. The summed E-state index contributed by atoms with van der Waals surface area (Å²) in [4.78, 5) is 13.3. The molecule has 1 saturated carbocycles. The molecule has 0 amide bonds. The van der Waals surface area contributed by atoms with Gasteiger partial charge in [-0.3, -0.25) is 4.79 Å². The summed E-state index contributed by atoms with van der Waals surface area (Å²) < 4.78 is 22.3. The monoisotopic (exact) mass is 231 g/mol. The Hall–Kier alpha value is -0.420. The zero-order valence-electron chi connectivity index (χ0n) is 8.81. The van der Waals surface area contributed by atoms with Gasteiger partial charge in [0, 0.05) is 25.4 Å². The van der Waals surface area contributed by atoms with Crippen molar-refractivity contribution in [3.63, 3.8) is 0 Å². The van der Waals surface area contributed by atoms with E-state index in [4.69, 9.17) is 0 Å². The molecule has 0 radical (unpaired) electrons. The molecule has 0 aromatic heterocycles. The molecule has 0 aromatic rings. The van der Waals surface area contributed by atoms with Crippen LogP contribution in [-0.4, -0.2) is 50.2 Å². The van der Waals surface area contributed by atoms with Gasteiger partial charge in [-0.05, 0) is 19.4 Å². The number of carbonyl (C=O) groups excluding carboxylic acids is 1. The van der Waals surface area contributed by atoms with E-state index in [1.165, 1.54) is 0 Å². The van der Waals surface area contributed by atoms with Gasteiger partial charge in [0.05, 0.1) is 11.5 Å². The average molecular weight is 231 g/mol. The summed E-state index contributed by atoms with van der Waals surface area (Å²) in [5.74, 6) is 1.22. The van der Waals surface area contributed by atoms with Crippen LogP contribution in [0.2, 0.25) is 0 Å². The largest absolute Gasteiger partial charge is 0.301 e. The molecule has 1 saturated heterocycles. The van der Waals surface area contributed by atoms with Crippen molar-refractivity contribution in [3.8, 4) is 0 Å². The summed E-state index contributed by atoms with van der Waals surface area (Å²) in [6.45, 7) is 2.17. The summed E-state index contributed by atoms with van der Waals surface area (Å²) in [5.41, 5.74) is 0. The van der Waals surface area contributed by atoms with Gasteiger partial charge in [0.15, 0.2) is 9.84 Å². The number of hydrogen-bond acceptors (Lipinski definition) is 4. The minimum Gasteiger partial charge on any atom is -0.301 e. The van der Waals surface area contributed by atoms with Crippen LogP contribution < -0.4 is 0 Å². The lowest BCUT2D eigenvalue weighted by Crippen LogP contribution is -2.42. The Bertz CT molecular complexity index is 336. The molecule has 0 aromatic carbocycles. The van der Waals surface area contributed by atoms with Crippen molar-refractivity contribution < 1.29 is 13.2 Å². The quantitative estimate of drug-likeness (QED) is 0.690. The topological polar surface area (TPSA) is 54.5 Å². The molecule has 86 valence electrons. The highest BCUT2D eigenvalue weighted by Gasteiger charge is 2.29. The third kappa shape index (κ3) is 2.78. The third-order valence-corrected chi connectivity index (χ3v) is 5.03. The van der Waals surface area contributed by atoms with Crippen molar-refractivity contribution in [2.24, 2.45) is 5.92 Å². The van der Waals surface area contributed by atoms with Crippen LogP contribution in [0.4, 0.5) is 0 Å². The fourth-order valence-corrected chi connectivity index (χ4v) is 3.36. The standard InChI is InChI=1S/C10H17NO3S/c12-10-2-1-9(10)3-4-11-5-7-15(13,14)8-6-11/h9H,1-8H2. The molecule has 1 unspecified atom stereocenters.